The molecule has 1 aromatic carbocycles. The highest BCUT2D eigenvalue weighted by molar-refractivity contribution is 5.93. The van der Waals surface area contributed by atoms with Gasteiger partial charge in [-0.1, -0.05) is 18.2 Å². The fraction of sp³-hybridized carbons (Fsp3) is 0.333. The summed E-state index contributed by atoms with van der Waals surface area (Å²) >= 11 is 0. The van der Waals surface area contributed by atoms with E-state index in [1.807, 2.05) is 23.1 Å². The molecule has 0 N–H and O–H groups in total. The molecule has 7 nitrogen and oxygen atoms in total. The lowest BCUT2D eigenvalue weighted by atomic mass is 10.1. The van der Waals surface area contributed by atoms with E-state index in [1.54, 1.807) is 30.5 Å². The average molecular weight is 377 g/mol. The molecular weight excluding hydrogens is 354 g/mol. The third-order valence-electron chi connectivity index (χ3n) is 4.85. The molecule has 28 heavy (non-hydrogen) atoms. The highest BCUT2D eigenvalue weighted by atomic mass is 16.2. The van der Waals surface area contributed by atoms with Gasteiger partial charge >= 0.3 is 0 Å². The van der Waals surface area contributed by atoms with Gasteiger partial charge in [0.1, 0.15) is 11.9 Å². The van der Waals surface area contributed by atoms with Crippen LogP contribution in [-0.2, 0) is 9.59 Å². The van der Waals surface area contributed by atoms with Crippen molar-refractivity contribution in [3.8, 4) is 6.07 Å². The van der Waals surface area contributed by atoms with Crippen LogP contribution in [0.2, 0.25) is 0 Å². The van der Waals surface area contributed by atoms with Gasteiger partial charge in [-0.15, -0.1) is 0 Å². The third-order valence-corrected chi connectivity index (χ3v) is 4.85. The number of piperazine rings is 1. The number of aromatic nitrogens is 1. The van der Waals surface area contributed by atoms with E-state index in [9.17, 15) is 14.9 Å². The Morgan fingerprint density at radius 3 is 2.46 bits per heavy atom. The van der Waals surface area contributed by atoms with E-state index in [2.05, 4.69) is 16.0 Å². The minimum atomic E-state index is -0.185. The van der Waals surface area contributed by atoms with Crippen molar-refractivity contribution in [2.24, 2.45) is 0 Å². The van der Waals surface area contributed by atoms with Crippen LogP contribution in [0, 0.1) is 11.3 Å². The highest BCUT2D eigenvalue weighted by Crippen LogP contribution is 2.20. The molecule has 0 bridgehead atoms. The van der Waals surface area contributed by atoms with Crippen LogP contribution in [0.25, 0.3) is 0 Å². The summed E-state index contributed by atoms with van der Waals surface area (Å²) in [5.74, 6) is 0.752. The number of nitrogens with zero attached hydrogens (tertiary/aromatic N) is 5. The Bertz CT molecular complexity index is 870. The molecule has 7 heteroatoms. The van der Waals surface area contributed by atoms with Crippen molar-refractivity contribution in [2.75, 3.05) is 42.5 Å². The summed E-state index contributed by atoms with van der Waals surface area (Å²) in [6.45, 7) is 4.43. The average Bonchev–Trinajstić information content (AvgIpc) is 2.74. The molecule has 144 valence electrons. The molecule has 1 aliphatic heterocycles. The number of pyridine rings is 1. The summed E-state index contributed by atoms with van der Waals surface area (Å²) in [6.07, 6.45) is 1.99. The normalized spacial score (nSPS) is 13.7. The summed E-state index contributed by atoms with van der Waals surface area (Å²) in [5.41, 5.74) is 0.972. The predicted octanol–water partition coefficient (Wildman–Crippen LogP) is 2.05. The molecule has 2 heterocycles. The molecule has 0 atom stereocenters. The fourth-order valence-electron chi connectivity index (χ4n) is 3.34. The molecular formula is C21H23N5O2. The smallest absolute Gasteiger partial charge is 0.224 e. The minimum Gasteiger partial charge on any atom is -0.353 e. The number of para-hydroxylation sites is 1. The first kappa shape index (κ1) is 19.4. The second kappa shape index (κ2) is 9.00. The molecule has 1 saturated heterocycles. The maximum Gasteiger partial charge on any atom is 0.224 e. The number of carbonyl (C=O) groups excluding carboxylic acids is 2. The highest BCUT2D eigenvalue weighted by Gasteiger charge is 2.23. The standard InChI is InChI=1S/C21H23N5O2/c1-17(27)26(19-7-3-2-6-18(19)16-22)11-9-21(28)25-14-12-24(13-15-25)20-8-4-5-10-23-20/h2-8,10H,9,11-15H2,1H3. The van der Waals surface area contributed by atoms with Crippen molar-refractivity contribution in [3.05, 3.63) is 54.2 Å². The van der Waals surface area contributed by atoms with Gasteiger partial charge in [0.25, 0.3) is 0 Å². The molecule has 1 aliphatic rings. The molecule has 0 unspecified atom stereocenters. The molecule has 0 spiro atoms. The summed E-state index contributed by atoms with van der Waals surface area (Å²) < 4.78 is 0. The van der Waals surface area contributed by atoms with Crippen LogP contribution >= 0.6 is 0 Å². The zero-order valence-corrected chi connectivity index (χ0v) is 15.9. The summed E-state index contributed by atoms with van der Waals surface area (Å²) in [4.78, 5) is 34.6. The lowest BCUT2D eigenvalue weighted by Gasteiger charge is -2.35. The molecule has 0 saturated carbocycles. The summed E-state index contributed by atoms with van der Waals surface area (Å²) in [7, 11) is 0. The Morgan fingerprint density at radius 1 is 1.11 bits per heavy atom. The summed E-state index contributed by atoms with van der Waals surface area (Å²) in [5, 5.41) is 9.28. The fourth-order valence-corrected chi connectivity index (χ4v) is 3.34. The van der Waals surface area contributed by atoms with E-state index >= 15 is 0 Å². The molecule has 2 amide bonds. The van der Waals surface area contributed by atoms with Gasteiger partial charge < -0.3 is 14.7 Å². The van der Waals surface area contributed by atoms with E-state index in [1.165, 1.54) is 11.8 Å². The first-order valence-electron chi connectivity index (χ1n) is 9.31. The van der Waals surface area contributed by atoms with E-state index in [-0.39, 0.29) is 24.8 Å². The van der Waals surface area contributed by atoms with Gasteiger partial charge in [0.15, 0.2) is 0 Å². The first-order chi connectivity index (χ1) is 13.6. The van der Waals surface area contributed by atoms with Crippen LogP contribution in [0.4, 0.5) is 11.5 Å². The van der Waals surface area contributed by atoms with Crippen molar-refractivity contribution in [3.63, 3.8) is 0 Å². The van der Waals surface area contributed by atoms with Crippen molar-refractivity contribution >= 4 is 23.3 Å². The second-order valence-corrected chi connectivity index (χ2v) is 6.61. The van der Waals surface area contributed by atoms with Gasteiger partial charge in [-0.25, -0.2) is 4.98 Å². The lowest BCUT2D eigenvalue weighted by molar-refractivity contribution is -0.131. The minimum absolute atomic E-state index is 0.0151. The zero-order valence-electron chi connectivity index (χ0n) is 15.9. The Kier molecular flexibility index (Phi) is 6.22. The third kappa shape index (κ3) is 4.46. The molecule has 0 radical (unpaired) electrons. The van der Waals surface area contributed by atoms with Crippen molar-refractivity contribution in [1.29, 1.82) is 5.26 Å². The Labute approximate surface area is 164 Å². The largest absolute Gasteiger partial charge is 0.353 e. The second-order valence-electron chi connectivity index (χ2n) is 6.61. The number of nitriles is 1. The number of amides is 2. The van der Waals surface area contributed by atoms with E-state index in [0.717, 1.165) is 18.9 Å². The topological polar surface area (TPSA) is 80.5 Å². The van der Waals surface area contributed by atoms with Gasteiger partial charge in [-0.05, 0) is 24.3 Å². The zero-order chi connectivity index (χ0) is 19.9. The quantitative estimate of drug-likeness (QED) is 0.797. The number of anilines is 2. The SMILES string of the molecule is CC(=O)N(CCC(=O)N1CCN(c2ccccn2)CC1)c1ccccc1C#N. The van der Waals surface area contributed by atoms with Crippen LogP contribution in [0.3, 0.4) is 0 Å². The first-order valence-corrected chi connectivity index (χ1v) is 9.31. The van der Waals surface area contributed by atoms with Crippen LogP contribution < -0.4 is 9.80 Å². The Hall–Kier alpha value is -3.40. The molecule has 1 fully saturated rings. The van der Waals surface area contributed by atoms with Crippen molar-refractivity contribution in [2.45, 2.75) is 13.3 Å². The number of hydrogen-bond donors (Lipinski definition) is 0. The monoisotopic (exact) mass is 377 g/mol. The van der Waals surface area contributed by atoms with E-state index in [0.29, 0.717) is 24.3 Å². The molecule has 2 aromatic rings. The van der Waals surface area contributed by atoms with Crippen molar-refractivity contribution in [1.82, 2.24) is 9.88 Å². The molecule has 3 rings (SSSR count). The number of hydrogen-bond acceptors (Lipinski definition) is 5. The van der Waals surface area contributed by atoms with Gasteiger partial charge in [0, 0.05) is 52.3 Å². The van der Waals surface area contributed by atoms with E-state index in [4.69, 9.17) is 0 Å². The number of carbonyl (C=O) groups is 2. The number of benzene rings is 1. The van der Waals surface area contributed by atoms with Gasteiger partial charge in [-0.3, -0.25) is 9.59 Å². The van der Waals surface area contributed by atoms with Gasteiger partial charge in [0.2, 0.25) is 11.8 Å². The Morgan fingerprint density at radius 2 is 1.82 bits per heavy atom. The molecule has 1 aromatic heterocycles. The van der Waals surface area contributed by atoms with E-state index < -0.39 is 0 Å². The van der Waals surface area contributed by atoms with Crippen LogP contribution in [0.1, 0.15) is 18.9 Å². The lowest BCUT2D eigenvalue weighted by Crippen LogP contribution is -2.49. The summed E-state index contributed by atoms with van der Waals surface area (Å²) in [6, 6.07) is 14.8. The number of rotatable bonds is 5. The molecule has 0 aliphatic carbocycles. The van der Waals surface area contributed by atoms with Crippen molar-refractivity contribution < 1.29 is 9.59 Å². The maximum atomic E-state index is 12.6. The van der Waals surface area contributed by atoms with Crippen LogP contribution in [0.5, 0.6) is 0 Å². The predicted molar refractivity (Wildman–Crippen MR) is 107 cm³/mol. The van der Waals surface area contributed by atoms with Crippen LogP contribution in [0.15, 0.2) is 48.7 Å². The Balaban J connectivity index is 1.57. The maximum absolute atomic E-state index is 12.6. The van der Waals surface area contributed by atoms with Crippen LogP contribution in [-0.4, -0.2) is 54.4 Å². The van der Waals surface area contributed by atoms with Gasteiger partial charge in [-0.2, -0.15) is 5.26 Å². The van der Waals surface area contributed by atoms with Gasteiger partial charge in [0.05, 0.1) is 11.3 Å².